The lowest BCUT2D eigenvalue weighted by Crippen LogP contribution is -2.38. The Morgan fingerprint density at radius 3 is 2.38 bits per heavy atom. The van der Waals surface area contributed by atoms with E-state index in [0.717, 1.165) is 0 Å². The molecule has 0 unspecified atom stereocenters. The summed E-state index contributed by atoms with van der Waals surface area (Å²) in [6.07, 6.45) is -5.34. The number of likely N-dealkylation sites (tertiary alicyclic amines) is 1. The Morgan fingerprint density at radius 1 is 1.19 bits per heavy atom. The van der Waals surface area contributed by atoms with Crippen LogP contribution in [0.1, 0.15) is 18.4 Å². The molecule has 1 aromatic rings. The number of benzene rings is 1. The van der Waals surface area contributed by atoms with Gasteiger partial charge in [0.2, 0.25) is 0 Å². The van der Waals surface area contributed by atoms with Crippen molar-refractivity contribution in [2.75, 3.05) is 13.1 Å². The van der Waals surface area contributed by atoms with E-state index < -0.39 is 12.3 Å². The summed E-state index contributed by atoms with van der Waals surface area (Å²) in [5.74, 6) is -2.99. The summed E-state index contributed by atoms with van der Waals surface area (Å²) in [4.78, 5) is 1.70. The van der Waals surface area contributed by atoms with E-state index in [4.69, 9.17) is 0 Å². The van der Waals surface area contributed by atoms with Gasteiger partial charge in [0, 0.05) is 42.5 Å². The Hall–Kier alpha value is -0.890. The van der Waals surface area contributed by atoms with Crippen LogP contribution in [0.5, 0.6) is 5.75 Å². The summed E-state index contributed by atoms with van der Waals surface area (Å²) in [6.45, 7) is 0.442. The van der Waals surface area contributed by atoms with Crippen molar-refractivity contribution in [2.45, 2.75) is 31.7 Å². The van der Waals surface area contributed by atoms with Crippen LogP contribution in [0.15, 0.2) is 22.7 Å². The highest BCUT2D eigenvalue weighted by Crippen LogP contribution is 2.32. The topological polar surface area (TPSA) is 12.5 Å². The van der Waals surface area contributed by atoms with Crippen LogP contribution in [0.2, 0.25) is 0 Å². The van der Waals surface area contributed by atoms with E-state index in [2.05, 4.69) is 20.7 Å². The number of hydrogen-bond donors (Lipinski definition) is 0. The van der Waals surface area contributed by atoms with Crippen molar-refractivity contribution in [2.24, 2.45) is 0 Å². The van der Waals surface area contributed by atoms with E-state index in [0.29, 0.717) is 10.0 Å². The van der Waals surface area contributed by atoms with Crippen molar-refractivity contribution in [3.05, 3.63) is 28.2 Å². The number of halogens is 6. The monoisotopic (exact) mass is 373 g/mol. The molecular weight excluding hydrogens is 361 g/mol. The fraction of sp³-hybridized carbons (Fsp3) is 0.538. The summed E-state index contributed by atoms with van der Waals surface area (Å²) in [6, 6.07) is 4.32. The second-order valence-corrected chi connectivity index (χ2v) is 5.85. The average molecular weight is 374 g/mol. The number of alkyl halides is 5. The van der Waals surface area contributed by atoms with Crippen molar-refractivity contribution in [3.63, 3.8) is 0 Å². The van der Waals surface area contributed by atoms with Crippen LogP contribution in [-0.4, -0.2) is 30.3 Å². The van der Waals surface area contributed by atoms with Gasteiger partial charge in [-0.15, -0.1) is 13.2 Å². The Kier molecular flexibility index (Phi) is 4.77. The van der Waals surface area contributed by atoms with E-state index in [-0.39, 0.29) is 38.2 Å². The number of piperidine rings is 1. The normalized spacial score (nSPS) is 19.5. The molecule has 1 fully saturated rings. The number of rotatable bonds is 3. The van der Waals surface area contributed by atoms with Crippen LogP contribution in [0, 0.1) is 0 Å². The predicted octanol–water partition coefficient (Wildman–Crippen LogP) is 4.58. The van der Waals surface area contributed by atoms with Gasteiger partial charge in [-0.1, -0.05) is 22.0 Å². The van der Waals surface area contributed by atoms with E-state index in [1.165, 1.54) is 12.1 Å². The first-order valence-electron chi connectivity index (χ1n) is 6.29. The van der Waals surface area contributed by atoms with Gasteiger partial charge >= 0.3 is 6.36 Å². The molecule has 0 aromatic heterocycles. The summed E-state index contributed by atoms with van der Waals surface area (Å²) in [7, 11) is 0. The third kappa shape index (κ3) is 5.10. The number of ether oxygens (including phenoxy) is 1. The van der Waals surface area contributed by atoms with Gasteiger partial charge in [-0.25, -0.2) is 8.78 Å². The molecule has 1 saturated heterocycles. The van der Waals surface area contributed by atoms with Crippen molar-refractivity contribution < 1.29 is 26.7 Å². The molecule has 0 amide bonds. The van der Waals surface area contributed by atoms with Gasteiger partial charge in [0.1, 0.15) is 5.75 Å². The molecule has 0 aliphatic carbocycles. The molecule has 0 radical (unpaired) electrons. The molecule has 21 heavy (non-hydrogen) atoms. The highest BCUT2D eigenvalue weighted by molar-refractivity contribution is 9.10. The molecule has 2 nitrogen and oxygen atoms in total. The maximum atomic E-state index is 13.1. The van der Waals surface area contributed by atoms with E-state index in [1.54, 1.807) is 11.0 Å². The van der Waals surface area contributed by atoms with Gasteiger partial charge in [0.25, 0.3) is 5.92 Å². The fourth-order valence-corrected chi connectivity index (χ4v) is 2.50. The van der Waals surface area contributed by atoms with Crippen molar-refractivity contribution in [3.8, 4) is 5.75 Å². The summed E-state index contributed by atoms with van der Waals surface area (Å²) >= 11 is 3.08. The predicted molar refractivity (Wildman–Crippen MR) is 70.3 cm³/mol. The van der Waals surface area contributed by atoms with Crippen molar-refractivity contribution in [1.82, 2.24) is 4.90 Å². The minimum Gasteiger partial charge on any atom is -0.405 e. The lowest BCUT2D eigenvalue weighted by atomic mass is 10.1. The van der Waals surface area contributed by atoms with E-state index in [1.807, 2.05) is 0 Å². The van der Waals surface area contributed by atoms with Crippen LogP contribution < -0.4 is 4.74 Å². The van der Waals surface area contributed by atoms with Gasteiger partial charge < -0.3 is 4.74 Å². The molecule has 1 aromatic carbocycles. The van der Waals surface area contributed by atoms with Gasteiger partial charge in [0.15, 0.2) is 0 Å². The van der Waals surface area contributed by atoms with Crippen LogP contribution in [0.25, 0.3) is 0 Å². The minimum absolute atomic E-state index is 0.147. The Labute approximate surface area is 127 Å². The smallest absolute Gasteiger partial charge is 0.405 e. The fourth-order valence-electron chi connectivity index (χ4n) is 2.16. The molecule has 0 bridgehead atoms. The first-order valence-corrected chi connectivity index (χ1v) is 7.08. The van der Waals surface area contributed by atoms with Crippen LogP contribution >= 0.6 is 15.9 Å². The van der Waals surface area contributed by atoms with Crippen LogP contribution in [0.4, 0.5) is 22.0 Å². The Balaban J connectivity index is 2.09. The Morgan fingerprint density at radius 2 is 1.81 bits per heavy atom. The average Bonchev–Trinajstić information content (AvgIpc) is 2.33. The van der Waals surface area contributed by atoms with Gasteiger partial charge in [-0.05, 0) is 12.1 Å². The third-order valence-corrected chi connectivity index (χ3v) is 3.73. The summed E-state index contributed by atoms with van der Waals surface area (Å²) in [5, 5.41) is 0. The van der Waals surface area contributed by atoms with Crippen LogP contribution in [0.3, 0.4) is 0 Å². The minimum atomic E-state index is -4.79. The highest BCUT2D eigenvalue weighted by atomic mass is 79.9. The van der Waals surface area contributed by atoms with Crippen molar-refractivity contribution in [1.29, 1.82) is 0 Å². The molecule has 1 heterocycles. The first kappa shape index (κ1) is 16.5. The molecule has 0 saturated carbocycles. The lowest BCUT2D eigenvalue weighted by Gasteiger charge is -2.32. The standard InChI is InChI=1S/C13H13BrF5NO/c14-10-2-1-9(11(7-10)21-13(17,18)19)8-20-5-3-12(15,16)4-6-20/h1-2,7H,3-6,8H2. The second kappa shape index (κ2) is 6.08. The van der Waals surface area contributed by atoms with Gasteiger partial charge in [-0.3, -0.25) is 4.90 Å². The maximum Gasteiger partial charge on any atom is 0.573 e. The molecular formula is C13H13BrF5NO. The number of nitrogens with zero attached hydrogens (tertiary/aromatic N) is 1. The molecule has 2 rings (SSSR count). The molecule has 0 N–H and O–H groups in total. The van der Waals surface area contributed by atoms with Crippen LogP contribution in [-0.2, 0) is 6.54 Å². The molecule has 1 aliphatic rings. The lowest BCUT2D eigenvalue weighted by molar-refractivity contribution is -0.275. The van der Waals surface area contributed by atoms with Crippen molar-refractivity contribution >= 4 is 15.9 Å². The van der Waals surface area contributed by atoms with Gasteiger partial charge in [-0.2, -0.15) is 0 Å². The first-order chi connectivity index (χ1) is 9.65. The largest absolute Gasteiger partial charge is 0.573 e. The van der Waals surface area contributed by atoms with E-state index in [9.17, 15) is 22.0 Å². The quantitative estimate of drug-likeness (QED) is 0.719. The molecule has 0 spiro atoms. The molecule has 0 atom stereocenters. The third-order valence-electron chi connectivity index (χ3n) is 3.24. The summed E-state index contributed by atoms with van der Waals surface area (Å²) < 4.78 is 67.7. The van der Waals surface area contributed by atoms with Gasteiger partial charge in [0.05, 0.1) is 0 Å². The Bertz CT molecular complexity index is 496. The number of hydrogen-bond acceptors (Lipinski definition) is 2. The second-order valence-electron chi connectivity index (χ2n) is 4.93. The SMILES string of the molecule is FC1(F)CCN(Cc2ccc(Br)cc2OC(F)(F)F)CC1. The molecule has 118 valence electrons. The molecule has 1 aliphatic heterocycles. The maximum absolute atomic E-state index is 13.1. The highest BCUT2D eigenvalue weighted by Gasteiger charge is 2.35. The zero-order valence-corrected chi connectivity index (χ0v) is 12.5. The zero-order valence-electron chi connectivity index (χ0n) is 10.9. The molecule has 8 heteroatoms. The zero-order chi connectivity index (χ0) is 15.7. The summed E-state index contributed by atoms with van der Waals surface area (Å²) in [5.41, 5.74) is 0.320. The van der Waals surface area contributed by atoms with E-state index >= 15 is 0 Å².